The summed E-state index contributed by atoms with van der Waals surface area (Å²) in [4.78, 5) is 35.6. The summed E-state index contributed by atoms with van der Waals surface area (Å²) in [6.07, 6.45) is -2.41. The van der Waals surface area contributed by atoms with Gasteiger partial charge in [-0.15, -0.1) is 0 Å². The maximum atomic E-state index is 17.1. The molecule has 2 fully saturated rings. The van der Waals surface area contributed by atoms with Gasteiger partial charge in [-0.05, 0) is 57.5 Å². The van der Waals surface area contributed by atoms with Gasteiger partial charge in [-0.3, -0.25) is 4.90 Å². The molecule has 20 heteroatoms. The standard InChI is InChI=1S/C34H33ClF3N9O2.C2HF3O2/c1-16-14-48-32-25-29(27(38)28(43-32)20-11-23(39)42-22-7-6-21(37)26(35)24(20)22)44-33(49-15-34-8-4-10-46(34)13-18(36)12-34)45-31(25)47(16)17(2)19-5-3-9-41-30(19)40;3-2(4,5)1(6)7/h3,5-7,9,11,16-18H,4,8,10,12-15H2,1-2H3,(H2,39,42)(H2,40,41);(H,6,7)/t16-,17+,18+,34-;/m0./s1. The molecule has 13 nitrogen and oxygen atoms in total. The molecule has 4 atom stereocenters. The molecule has 0 spiro atoms. The molecule has 0 saturated carbocycles. The highest BCUT2D eigenvalue weighted by atomic mass is 35.5. The molecule has 5 N–H and O–H groups in total. The number of benzene rings is 1. The van der Waals surface area contributed by atoms with Crippen molar-refractivity contribution in [3.63, 3.8) is 0 Å². The molecule has 2 saturated heterocycles. The zero-order valence-corrected chi connectivity index (χ0v) is 30.5. The van der Waals surface area contributed by atoms with Crippen molar-refractivity contribution in [3.05, 3.63) is 58.7 Å². The lowest BCUT2D eigenvalue weighted by Gasteiger charge is -2.35. The van der Waals surface area contributed by atoms with Crippen LogP contribution in [0, 0.1) is 11.6 Å². The number of nitrogens with two attached hydrogens (primary N) is 2. The van der Waals surface area contributed by atoms with Gasteiger partial charge in [-0.1, -0.05) is 17.7 Å². The van der Waals surface area contributed by atoms with E-state index in [0.717, 1.165) is 31.0 Å². The summed E-state index contributed by atoms with van der Waals surface area (Å²) in [5, 5.41) is 7.21. The third-order valence-corrected chi connectivity index (χ3v) is 10.6. The molecular weight excluding hydrogens is 772 g/mol. The Kier molecular flexibility index (Phi) is 10.1. The van der Waals surface area contributed by atoms with Gasteiger partial charge in [0.25, 0.3) is 0 Å². The molecule has 4 aromatic heterocycles. The van der Waals surface area contributed by atoms with Crippen LogP contribution in [0.2, 0.25) is 5.02 Å². The van der Waals surface area contributed by atoms with Crippen molar-refractivity contribution in [1.82, 2.24) is 29.8 Å². The number of halogens is 7. The Morgan fingerprint density at radius 3 is 2.62 bits per heavy atom. The lowest BCUT2D eigenvalue weighted by Crippen LogP contribution is -2.43. The first kappa shape index (κ1) is 38.8. The van der Waals surface area contributed by atoms with Crippen LogP contribution in [0.5, 0.6) is 11.9 Å². The molecule has 296 valence electrons. The first-order valence-corrected chi connectivity index (χ1v) is 17.8. The number of aliphatic carboxylic acids is 1. The third-order valence-electron chi connectivity index (χ3n) is 10.2. The number of hydrogen-bond donors (Lipinski definition) is 3. The average molecular weight is 806 g/mol. The van der Waals surface area contributed by atoms with Gasteiger partial charge in [-0.25, -0.2) is 32.9 Å². The van der Waals surface area contributed by atoms with Crippen molar-refractivity contribution in [2.45, 2.75) is 63.1 Å². The Labute approximate surface area is 319 Å². The fourth-order valence-corrected chi connectivity index (χ4v) is 8.00. The fourth-order valence-electron chi connectivity index (χ4n) is 7.74. The number of carbonyl (C=O) groups is 1. The molecule has 8 rings (SSSR count). The van der Waals surface area contributed by atoms with Gasteiger partial charge in [-0.2, -0.15) is 23.1 Å². The second-order valence-electron chi connectivity index (χ2n) is 13.9. The summed E-state index contributed by atoms with van der Waals surface area (Å²) in [5.41, 5.74) is 12.7. The van der Waals surface area contributed by atoms with Crippen molar-refractivity contribution in [3.8, 4) is 23.1 Å². The smallest absolute Gasteiger partial charge is 0.475 e. The van der Waals surface area contributed by atoms with E-state index < -0.39 is 41.5 Å². The predicted molar refractivity (Wildman–Crippen MR) is 194 cm³/mol. The lowest BCUT2D eigenvalue weighted by molar-refractivity contribution is -0.192. The number of nitrogens with zero attached hydrogens (tertiary/aromatic N) is 7. The molecular formula is C36H34ClF6N9O4. The minimum absolute atomic E-state index is 0.0523. The second-order valence-corrected chi connectivity index (χ2v) is 14.2. The van der Waals surface area contributed by atoms with E-state index in [4.69, 9.17) is 47.4 Å². The predicted octanol–water partition coefficient (Wildman–Crippen LogP) is 6.67. The Morgan fingerprint density at radius 1 is 1.16 bits per heavy atom. The number of carboxylic acid groups (broad SMARTS) is 1. The number of carboxylic acids is 1. The van der Waals surface area contributed by atoms with Crippen LogP contribution in [-0.2, 0) is 4.79 Å². The molecule has 1 aromatic carbocycles. The van der Waals surface area contributed by atoms with Crippen LogP contribution >= 0.6 is 11.6 Å². The Morgan fingerprint density at radius 2 is 1.91 bits per heavy atom. The molecule has 3 aliphatic heterocycles. The number of alkyl halides is 4. The SMILES string of the molecule is C[C@H](c1cccnc1N)N1c2nc(OC[C@@]34CCCN3C[C@H](F)C4)nc3c(F)c(-c4cc(N)nc5ccc(F)c(Cl)c45)nc(c23)OC[C@@H]1C.O=C(O)C(F)(F)F. The van der Waals surface area contributed by atoms with Crippen LogP contribution in [0.15, 0.2) is 36.5 Å². The quantitative estimate of drug-likeness (QED) is 0.155. The van der Waals surface area contributed by atoms with E-state index in [9.17, 15) is 22.0 Å². The van der Waals surface area contributed by atoms with Crippen LogP contribution < -0.4 is 25.8 Å². The number of fused-ring (bicyclic) bond motifs is 2. The minimum Gasteiger partial charge on any atom is -0.475 e. The van der Waals surface area contributed by atoms with Crippen molar-refractivity contribution < 1.29 is 45.7 Å². The minimum atomic E-state index is -5.08. The number of ether oxygens (including phenoxy) is 2. The first-order chi connectivity index (χ1) is 26.5. The van der Waals surface area contributed by atoms with Gasteiger partial charge in [0.15, 0.2) is 5.82 Å². The number of aromatic nitrogens is 5. The second kappa shape index (κ2) is 14.6. The van der Waals surface area contributed by atoms with Crippen molar-refractivity contribution in [2.24, 2.45) is 0 Å². The monoisotopic (exact) mass is 805 g/mol. The first-order valence-electron chi connectivity index (χ1n) is 17.4. The molecule has 0 aliphatic carbocycles. The van der Waals surface area contributed by atoms with E-state index >= 15 is 4.39 Å². The molecule has 3 aliphatic rings. The normalized spacial score (nSPS) is 21.3. The highest BCUT2D eigenvalue weighted by molar-refractivity contribution is 6.36. The largest absolute Gasteiger partial charge is 0.490 e. The Bertz CT molecular complexity index is 2360. The number of hydrogen-bond acceptors (Lipinski definition) is 12. The van der Waals surface area contributed by atoms with Crippen molar-refractivity contribution in [1.29, 1.82) is 0 Å². The maximum absolute atomic E-state index is 17.1. The van der Waals surface area contributed by atoms with E-state index in [-0.39, 0.29) is 75.0 Å². The molecule has 5 aromatic rings. The van der Waals surface area contributed by atoms with E-state index in [1.165, 1.54) is 12.1 Å². The van der Waals surface area contributed by atoms with Crippen molar-refractivity contribution >= 4 is 56.8 Å². The highest BCUT2D eigenvalue weighted by Gasteiger charge is 2.49. The summed E-state index contributed by atoms with van der Waals surface area (Å²) in [7, 11) is 0. The number of rotatable bonds is 6. The summed E-state index contributed by atoms with van der Waals surface area (Å²) in [5.74, 6) is -3.56. The van der Waals surface area contributed by atoms with Crippen molar-refractivity contribution in [2.75, 3.05) is 42.7 Å². The molecule has 0 amide bonds. The summed E-state index contributed by atoms with van der Waals surface area (Å²) in [6, 6.07) is 6.80. The van der Waals surface area contributed by atoms with Gasteiger partial charge in [0.1, 0.15) is 59.3 Å². The zero-order chi connectivity index (χ0) is 40.3. The molecule has 0 bridgehead atoms. The van der Waals surface area contributed by atoms with Crippen LogP contribution in [0.3, 0.4) is 0 Å². The fraction of sp³-hybridized carbons (Fsp3) is 0.389. The zero-order valence-electron chi connectivity index (χ0n) is 29.7. The van der Waals surface area contributed by atoms with Gasteiger partial charge >= 0.3 is 18.2 Å². The average Bonchev–Trinajstić information content (AvgIpc) is 3.62. The summed E-state index contributed by atoms with van der Waals surface area (Å²) < 4.78 is 90.8. The number of anilines is 3. The molecule has 0 radical (unpaired) electrons. The summed E-state index contributed by atoms with van der Waals surface area (Å²) in [6.45, 7) is 5.27. The molecule has 7 heterocycles. The number of pyridine rings is 3. The Hall–Kier alpha value is -5.43. The highest BCUT2D eigenvalue weighted by Crippen LogP contribution is 2.46. The van der Waals surface area contributed by atoms with Crippen LogP contribution in [0.1, 0.15) is 44.7 Å². The van der Waals surface area contributed by atoms with Gasteiger partial charge < -0.3 is 30.9 Å². The Balaban J connectivity index is 0.000000629. The van der Waals surface area contributed by atoms with Gasteiger partial charge in [0.2, 0.25) is 5.88 Å². The maximum Gasteiger partial charge on any atom is 0.490 e. The third kappa shape index (κ3) is 6.97. The van der Waals surface area contributed by atoms with E-state index in [2.05, 4.69) is 24.8 Å². The van der Waals surface area contributed by atoms with Gasteiger partial charge in [0.05, 0.1) is 28.2 Å². The van der Waals surface area contributed by atoms with Gasteiger partial charge in [0, 0.05) is 35.7 Å². The topological polar surface area (TPSA) is 179 Å². The molecule has 56 heavy (non-hydrogen) atoms. The van der Waals surface area contributed by atoms with Crippen LogP contribution in [0.4, 0.5) is 43.8 Å². The van der Waals surface area contributed by atoms with E-state index in [1.54, 1.807) is 12.3 Å². The number of nitrogen functional groups attached to an aromatic ring is 2. The van der Waals surface area contributed by atoms with Crippen LogP contribution in [-0.4, -0.2) is 91.1 Å². The molecule has 0 unspecified atom stereocenters. The van der Waals surface area contributed by atoms with E-state index in [1.807, 2.05) is 24.8 Å². The van der Waals surface area contributed by atoms with Crippen LogP contribution in [0.25, 0.3) is 33.1 Å². The lowest BCUT2D eigenvalue weighted by atomic mass is 9.95. The summed E-state index contributed by atoms with van der Waals surface area (Å²) >= 11 is 6.43. The van der Waals surface area contributed by atoms with E-state index in [0.29, 0.717) is 24.6 Å².